The zero-order valence-corrected chi connectivity index (χ0v) is 11.2. The van der Waals surface area contributed by atoms with Crippen LogP contribution >= 0.6 is 0 Å². The number of carbonyl (C=O) groups is 1. The zero-order valence-electron chi connectivity index (χ0n) is 11.2. The molecule has 0 bridgehead atoms. The Labute approximate surface area is 117 Å². The quantitative estimate of drug-likeness (QED) is 0.879. The SMILES string of the molecule is CCCNc1ccc(C(=O)Nc2ccc(F)cn2)cc1. The van der Waals surface area contributed by atoms with Crippen molar-refractivity contribution in [1.29, 1.82) is 0 Å². The average molecular weight is 273 g/mol. The molecule has 1 aromatic heterocycles. The van der Waals surface area contributed by atoms with E-state index in [0.717, 1.165) is 24.8 Å². The van der Waals surface area contributed by atoms with Crippen molar-refractivity contribution in [3.05, 3.63) is 54.0 Å². The number of anilines is 2. The van der Waals surface area contributed by atoms with Crippen molar-refractivity contribution in [3.63, 3.8) is 0 Å². The number of rotatable bonds is 5. The molecule has 1 amide bonds. The highest BCUT2D eigenvalue weighted by Crippen LogP contribution is 2.11. The summed E-state index contributed by atoms with van der Waals surface area (Å²) in [6, 6.07) is 9.84. The van der Waals surface area contributed by atoms with Gasteiger partial charge in [-0.15, -0.1) is 0 Å². The molecule has 0 unspecified atom stereocenters. The van der Waals surface area contributed by atoms with Crippen LogP contribution in [0, 0.1) is 5.82 Å². The summed E-state index contributed by atoms with van der Waals surface area (Å²) in [4.78, 5) is 15.7. The molecule has 0 aliphatic carbocycles. The molecule has 0 saturated carbocycles. The molecule has 0 atom stereocenters. The highest BCUT2D eigenvalue weighted by atomic mass is 19.1. The van der Waals surface area contributed by atoms with Crippen molar-refractivity contribution in [2.75, 3.05) is 17.2 Å². The Hall–Kier alpha value is -2.43. The maximum atomic E-state index is 12.7. The monoisotopic (exact) mass is 273 g/mol. The first-order valence-corrected chi connectivity index (χ1v) is 6.46. The van der Waals surface area contributed by atoms with Gasteiger partial charge in [0, 0.05) is 17.8 Å². The summed E-state index contributed by atoms with van der Waals surface area (Å²) in [7, 11) is 0. The lowest BCUT2D eigenvalue weighted by molar-refractivity contribution is 0.102. The topological polar surface area (TPSA) is 54.0 Å². The highest BCUT2D eigenvalue weighted by molar-refractivity contribution is 6.03. The molecule has 0 radical (unpaired) electrons. The maximum absolute atomic E-state index is 12.7. The van der Waals surface area contributed by atoms with E-state index in [-0.39, 0.29) is 5.91 Å². The normalized spacial score (nSPS) is 10.1. The average Bonchev–Trinajstić information content (AvgIpc) is 2.48. The number of aromatic nitrogens is 1. The summed E-state index contributed by atoms with van der Waals surface area (Å²) >= 11 is 0. The van der Waals surface area contributed by atoms with E-state index in [0.29, 0.717) is 11.4 Å². The lowest BCUT2D eigenvalue weighted by Crippen LogP contribution is -2.13. The summed E-state index contributed by atoms with van der Waals surface area (Å²) in [6.45, 7) is 2.98. The van der Waals surface area contributed by atoms with Gasteiger partial charge < -0.3 is 10.6 Å². The van der Waals surface area contributed by atoms with Crippen molar-refractivity contribution >= 4 is 17.4 Å². The number of halogens is 1. The van der Waals surface area contributed by atoms with Gasteiger partial charge >= 0.3 is 0 Å². The van der Waals surface area contributed by atoms with Gasteiger partial charge in [-0.25, -0.2) is 9.37 Å². The molecule has 104 valence electrons. The molecule has 0 fully saturated rings. The minimum Gasteiger partial charge on any atom is -0.385 e. The summed E-state index contributed by atoms with van der Waals surface area (Å²) < 4.78 is 12.7. The first-order valence-electron chi connectivity index (χ1n) is 6.46. The smallest absolute Gasteiger partial charge is 0.256 e. The Morgan fingerprint density at radius 3 is 2.55 bits per heavy atom. The van der Waals surface area contributed by atoms with Crippen LogP contribution in [0.5, 0.6) is 0 Å². The fraction of sp³-hybridized carbons (Fsp3) is 0.200. The zero-order chi connectivity index (χ0) is 14.4. The Morgan fingerprint density at radius 1 is 1.20 bits per heavy atom. The summed E-state index contributed by atoms with van der Waals surface area (Å²) in [5.41, 5.74) is 1.50. The standard InChI is InChI=1S/C15H16FN3O/c1-2-9-17-13-6-3-11(4-7-13)15(20)19-14-8-5-12(16)10-18-14/h3-8,10,17H,2,9H2,1H3,(H,18,19,20). The van der Waals surface area contributed by atoms with Crippen LogP contribution in [0.25, 0.3) is 0 Å². The van der Waals surface area contributed by atoms with Crippen LogP contribution in [0.1, 0.15) is 23.7 Å². The lowest BCUT2D eigenvalue weighted by Gasteiger charge is -2.07. The van der Waals surface area contributed by atoms with Crippen LogP contribution in [0.3, 0.4) is 0 Å². The number of amides is 1. The molecule has 0 spiro atoms. The second kappa shape index (κ2) is 6.65. The molecule has 4 nitrogen and oxygen atoms in total. The Kier molecular flexibility index (Phi) is 4.65. The third-order valence-corrected chi connectivity index (χ3v) is 2.70. The summed E-state index contributed by atoms with van der Waals surface area (Å²) in [6.07, 6.45) is 2.10. The van der Waals surface area contributed by atoms with E-state index in [1.54, 1.807) is 12.1 Å². The van der Waals surface area contributed by atoms with E-state index >= 15 is 0 Å². The number of hydrogen-bond donors (Lipinski definition) is 2. The second-order valence-electron chi connectivity index (χ2n) is 4.32. The Morgan fingerprint density at radius 2 is 1.95 bits per heavy atom. The number of carbonyl (C=O) groups excluding carboxylic acids is 1. The van der Waals surface area contributed by atoms with E-state index in [2.05, 4.69) is 22.5 Å². The van der Waals surface area contributed by atoms with E-state index in [4.69, 9.17) is 0 Å². The Bertz CT molecular complexity index is 567. The van der Waals surface area contributed by atoms with Crippen molar-refractivity contribution in [3.8, 4) is 0 Å². The van der Waals surface area contributed by atoms with E-state index in [1.165, 1.54) is 12.1 Å². The van der Waals surface area contributed by atoms with Gasteiger partial charge in [-0.2, -0.15) is 0 Å². The van der Waals surface area contributed by atoms with Crippen LogP contribution in [0.15, 0.2) is 42.6 Å². The van der Waals surface area contributed by atoms with Gasteiger partial charge in [-0.1, -0.05) is 6.92 Å². The first-order chi connectivity index (χ1) is 9.69. The van der Waals surface area contributed by atoms with Crippen molar-refractivity contribution in [1.82, 2.24) is 4.98 Å². The van der Waals surface area contributed by atoms with Crippen LogP contribution in [-0.4, -0.2) is 17.4 Å². The van der Waals surface area contributed by atoms with Crippen LogP contribution in [0.2, 0.25) is 0 Å². The highest BCUT2D eigenvalue weighted by Gasteiger charge is 2.06. The van der Waals surface area contributed by atoms with Gasteiger partial charge in [0.1, 0.15) is 11.6 Å². The minimum atomic E-state index is -0.436. The largest absolute Gasteiger partial charge is 0.385 e. The van der Waals surface area contributed by atoms with Gasteiger partial charge in [0.25, 0.3) is 5.91 Å². The first kappa shape index (κ1) is 14.0. The summed E-state index contributed by atoms with van der Waals surface area (Å²) in [5, 5.41) is 5.84. The van der Waals surface area contributed by atoms with Gasteiger partial charge in [0.2, 0.25) is 0 Å². The number of nitrogens with one attached hydrogen (secondary N) is 2. The molecule has 2 rings (SSSR count). The van der Waals surface area contributed by atoms with Crippen molar-refractivity contribution in [2.45, 2.75) is 13.3 Å². The molecular weight excluding hydrogens is 257 g/mol. The van der Waals surface area contributed by atoms with Gasteiger partial charge in [0.05, 0.1) is 6.20 Å². The Balaban J connectivity index is 2.00. The fourth-order valence-corrected chi connectivity index (χ4v) is 1.65. The third-order valence-electron chi connectivity index (χ3n) is 2.70. The second-order valence-corrected chi connectivity index (χ2v) is 4.32. The van der Waals surface area contributed by atoms with Crippen molar-refractivity contribution in [2.24, 2.45) is 0 Å². The van der Waals surface area contributed by atoms with E-state index in [1.807, 2.05) is 12.1 Å². The van der Waals surface area contributed by atoms with E-state index in [9.17, 15) is 9.18 Å². The molecule has 0 aliphatic rings. The van der Waals surface area contributed by atoms with E-state index < -0.39 is 5.82 Å². The molecule has 20 heavy (non-hydrogen) atoms. The van der Waals surface area contributed by atoms with Gasteiger partial charge in [0.15, 0.2) is 0 Å². The van der Waals surface area contributed by atoms with Crippen molar-refractivity contribution < 1.29 is 9.18 Å². The summed E-state index contributed by atoms with van der Waals surface area (Å²) in [5.74, 6) is -0.384. The molecule has 0 saturated heterocycles. The number of benzene rings is 1. The molecule has 5 heteroatoms. The molecule has 2 aromatic rings. The van der Waals surface area contributed by atoms with Gasteiger partial charge in [-0.3, -0.25) is 4.79 Å². The van der Waals surface area contributed by atoms with Gasteiger partial charge in [-0.05, 0) is 42.8 Å². The molecule has 1 heterocycles. The molecule has 0 aliphatic heterocycles. The molecule has 2 N–H and O–H groups in total. The third kappa shape index (κ3) is 3.78. The number of hydrogen-bond acceptors (Lipinski definition) is 3. The number of pyridine rings is 1. The maximum Gasteiger partial charge on any atom is 0.256 e. The minimum absolute atomic E-state index is 0.272. The molecule has 1 aromatic carbocycles. The number of nitrogens with zero attached hydrogens (tertiary/aromatic N) is 1. The lowest BCUT2D eigenvalue weighted by atomic mass is 10.2. The van der Waals surface area contributed by atoms with Crippen LogP contribution in [0.4, 0.5) is 15.9 Å². The molecular formula is C15H16FN3O. The predicted molar refractivity (Wildman–Crippen MR) is 77.4 cm³/mol. The van der Waals surface area contributed by atoms with Crippen LogP contribution in [-0.2, 0) is 0 Å². The van der Waals surface area contributed by atoms with Crippen LogP contribution < -0.4 is 10.6 Å². The fourth-order valence-electron chi connectivity index (χ4n) is 1.65. The predicted octanol–water partition coefficient (Wildman–Crippen LogP) is 3.29.